The maximum Gasteiger partial charge on any atom is 0.148 e. The molecule has 2 unspecified atom stereocenters. The molecule has 0 saturated heterocycles. The van der Waals surface area contributed by atoms with Gasteiger partial charge in [0.2, 0.25) is 0 Å². The number of hydrogen-bond donors (Lipinski definition) is 1. The summed E-state index contributed by atoms with van der Waals surface area (Å²) in [4.78, 5) is 0. The largest absolute Gasteiger partial charge is 0.487 e. The first-order valence-electron chi connectivity index (χ1n) is 7.05. The van der Waals surface area contributed by atoms with Gasteiger partial charge in [0, 0.05) is 22.4 Å². The van der Waals surface area contributed by atoms with Crippen molar-refractivity contribution in [2.45, 2.75) is 44.2 Å². The molecule has 0 aliphatic heterocycles. The van der Waals surface area contributed by atoms with Gasteiger partial charge in [-0.15, -0.1) is 0 Å². The van der Waals surface area contributed by atoms with Gasteiger partial charge in [0.15, 0.2) is 0 Å². The van der Waals surface area contributed by atoms with Gasteiger partial charge in [-0.3, -0.25) is 0 Å². The monoisotopic (exact) mass is 465 g/mol. The van der Waals surface area contributed by atoms with Crippen LogP contribution in [0.15, 0.2) is 25.6 Å². The number of benzene rings is 1. The lowest BCUT2D eigenvalue weighted by Gasteiger charge is -2.53. The van der Waals surface area contributed by atoms with Crippen molar-refractivity contribution in [2.75, 3.05) is 7.05 Å². The topological polar surface area (TPSA) is 21.3 Å². The van der Waals surface area contributed by atoms with Crippen LogP contribution in [0.4, 0.5) is 0 Å². The summed E-state index contributed by atoms with van der Waals surface area (Å²) in [5.74, 6) is 0.930. The van der Waals surface area contributed by atoms with Crippen molar-refractivity contribution in [2.24, 2.45) is 5.41 Å². The third-order valence-electron chi connectivity index (χ3n) is 4.89. The molecule has 20 heavy (non-hydrogen) atoms. The van der Waals surface area contributed by atoms with Gasteiger partial charge in [0.05, 0.1) is 8.95 Å². The first-order chi connectivity index (χ1) is 9.56. The average Bonchev–Trinajstić information content (AvgIpc) is 2.88. The van der Waals surface area contributed by atoms with E-state index in [0.717, 1.165) is 25.6 Å². The molecule has 2 fully saturated rings. The second-order valence-electron chi connectivity index (χ2n) is 5.82. The van der Waals surface area contributed by atoms with Crippen LogP contribution in [0.2, 0.25) is 0 Å². The zero-order valence-corrected chi connectivity index (χ0v) is 16.1. The van der Waals surface area contributed by atoms with E-state index in [9.17, 15) is 0 Å². The fourth-order valence-corrected chi connectivity index (χ4v) is 6.25. The van der Waals surface area contributed by atoms with Crippen molar-refractivity contribution in [3.05, 3.63) is 25.6 Å². The van der Waals surface area contributed by atoms with Gasteiger partial charge in [-0.25, -0.2) is 0 Å². The van der Waals surface area contributed by atoms with Crippen LogP contribution in [-0.4, -0.2) is 19.2 Å². The fraction of sp³-hybridized carbons (Fsp3) is 0.600. The summed E-state index contributed by atoms with van der Waals surface area (Å²) in [6.07, 6.45) is 6.67. The molecule has 0 heterocycles. The van der Waals surface area contributed by atoms with Crippen LogP contribution in [0, 0.1) is 5.41 Å². The van der Waals surface area contributed by atoms with Crippen LogP contribution in [0.1, 0.15) is 32.1 Å². The summed E-state index contributed by atoms with van der Waals surface area (Å²) >= 11 is 10.7. The van der Waals surface area contributed by atoms with Gasteiger partial charge >= 0.3 is 0 Å². The molecule has 5 heteroatoms. The zero-order valence-electron chi connectivity index (χ0n) is 11.4. The summed E-state index contributed by atoms with van der Waals surface area (Å²) in [7, 11) is 2.08. The van der Waals surface area contributed by atoms with Crippen LogP contribution < -0.4 is 10.1 Å². The van der Waals surface area contributed by atoms with Crippen molar-refractivity contribution in [3.63, 3.8) is 0 Å². The van der Waals surface area contributed by atoms with Crippen LogP contribution in [0.5, 0.6) is 5.75 Å². The van der Waals surface area contributed by atoms with Gasteiger partial charge in [0.25, 0.3) is 0 Å². The van der Waals surface area contributed by atoms with Crippen molar-refractivity contribution in [1.29, 1.82) is 0 Å². The predicted molar refractivity (Wildman–Crippen MR) is 92.3 cm³/mol. The van der Waals surface area contributed by atoms with Crippen LogP contribution in [0.3, 0.4) is 0 Å². The minimum absolute atomic E-state index is 0.330. The quantitative estimate of drug-likeness (QED) is 0.653. The van der Waals surface area contributed by atoms with Crippen LogP contribution >= 0.6 is 47.8 Å². The van der Waals surface area contributed by atoms with E-state index >= 15 is 0 Å². The Kier molecular flexibility index (Phi) is 4.52. The Bertz CT molecular complexity index is 491. The molecule has 1 aromatic carbocycles. The third-order valence-corrected chi connectivity index (χ3v) is 6.53. The average molecular weight is 468 g/mol. The van der Waals surface area contributed by atoms with Gasteiger partial charge in [-0.05, 0) is 63.9 Å². The van der Waals surface area contributed by atoms with Gasteiger partial charge in [-0.1, -0.05) is 28.8 Å². The molecule has 2 atom stereocenters. The van der Waals surface area contributed by atoms with Gasteiger partial charge < -0.3 is 10.1 Å². The summed E-state index contributed by atoms with van der Waals surface area (Å²) in [6, 6.07) is 4.69. The van der Waals surface area contributed by atoms with Crippen LogP contribution in [0.25, 0.3) is 0 Å². The summed E-state index contributed by atoms with van der Waals surface area (Å²) in [5, 5.41) is 3.48. The molecule has 1 N–H and O–H groups in total. The highest BCUT2D eigenvalue weighted by Gasteiger charge is 2.57. The predicted octanol–water partition coefficient (Wildman–Crippen LogP) is 5.27. The highest BCUT2D eigenvalue weighted by atomic mass is 79.9. The fourth-order valence-electron chi connectivity index (χ4n) is 3.81. The standard InChI is InChI=1S/C15H18Br3NO/c1-19-12-8-13(15(12)4-2-3-5-15)20-14-10(17)6-9(16)7-11(14)18/h6-7,12-13,19H,2-5,8H2,1H3. The molecule has 2 aliphatic rings. The lowest BCUT2D eigenvalue weighted by Crippen LogP contribution is -2.63. The zero-order chi connectivity index (χ0) is 14.3. The van der Waals surface area contributed by atoms with E-state index in [1.54, 1.807) is 0 Å². The Morgan fingerprint density at radius 1 is 1.15 bits per heavy atom. The van der Waals surface area contributed by atoms with E-state index in [1.165, 1.54) is 25.7 Å². The lowest BCUT2D eigenvalue weighted by molar-refractivity contribution is -0.0743. The molecule has 3 rings (SSSR count). The van der Waals surface area contributed by atoms with E-state index in [-0.39, 0.29) is 0 Å². The van der Waals surface area contributed by atoms with Crippen LogP contribution in [-0.2, 0) is 0 Å². The highest BCUT2D eigenvalue weighted by Crippen LogP contribution is 2.55. The Labute approximate surface area is 145 Å². The Morgan fingerprint density at radius 2 is 1.75 bits per heavy atom. The molecule has 110 valence electrons. The Morgan fingerprint density at radius 3 is 2.30 bits per heavy atom. The molecule has 2 saturated carbocycles. The molecule has 0 radical (unpaired) electrons. The van der Waals surface area contributed by atoms with Crippen molar-refractivity contribution < 1.29 is 4.74 Å². The molecule has 0 aromatic heterocycles. The molecule has 2 aliphatic carbocycles. The second kappa shape index (κ2) is 5.90. The normalized spacial score (nSPS) is 27.6. The van der Waals surface area contributed by atoms with Crippen molar-refractivity contribution in [3.8, 4) is 5.75 Å². The van der Waals surface area contributed by atoms with Crippen molar-refractivity contribution in [1.82, 2.24) is 5.32 Å². The number of rotatable bonds is 3. The summed E-state index contributed by atoms with van der Waals surface area (Å²) in [6.45, 7) is 0. The Hall–Kier alpha value is 0.420. The molecule has 0 bridgehead atoms. The van der Waals surface area contributed by atoms with Crippen molar-refractivity contribution >= 4 is 47.8 Å². The SMILES string of the molecule is CNC1CC(Oc2c(Br)cc(Br)cc2Br)C12CCCC2. The molecular weight excluding hydrogens is 450 g/mol. The van der Waals surface area contributed by atoms with E-state index < -0.39 is 0 Å². The van der Waals surface area contributed by atoms with E-state index in [0.29, 0.717) is 17.6 Å². The van der Waals surface area contributed by atoms with E-state index in [4.69, 9.17) is 4.74 Å². The minimum atomic E-state index is 0.330. The molecular formula is C15H18Br3NO. The number of hydrogen-bond acceptors (Lipinski definition) is 2. The summed E-state index contributed by atoms with van der Waals surface area (Å²) in [5.41, 5.74) is 0.348. The number of nitrogens with one attached hydrogen (secondary N) is 1. The first-order valence-corrected chi connectivity index (χ1v) is 9.43. The third kappa shape index (κ3) is 2.49. The highest BCUT2D eigenvalue weighted by molar-refractivity contribution is 9.11. The van der Waals surface area contributed by atoms with E-state index in [1.807, 2.05) is 12.1 Å². The smallest absolute Gasteiger partial charge is 0.148 e. The maximum absolute atomic E-state index is 6.38. The van der Waals surface area contributed by atoms with Gasteiger partial charge in [-0.2, -0.15) is 0 Å². The number of ether oxygens (including phenoxy) is 1. The molecule has 1 aromatic rings. The molecule has 0 amide bonds. The molecule has 1 spiro atoms. The molecule has 2 nitrogen and oxygen atoms in total. The maximum atomic E-state index is 6.38. The number of halogens is 3. The Balaban J connectivity index is 1.82. The van der Waals surface area contributed by atoms with E-state index in [2.05, 4.69) is 60.2 Å². The lowest BCUT2D eigenvalue weighted by atomic mass is 9.60. The van der Waals surface area contributed by atoms with Gasteiger partial charge in [0.1, 0.15) is 11.9 Å². The first kappa shape index (κ1) is 15.3. The summed E-state index contributed by atoms with van der Waals surface area (Å²) < 4.78 is 9.42. The minimum Gasteiger partial charge on any atom is -0.487 e. The second-order valence-corrected chi connectivity index (χ2v) is 8.45.